The zero-order valence-electron chi connectivity index (χ0n) is 10.3. The number of thiocarbonyl (C=S) groups is 1. The standard InChI is InChI=1S/C11H19ClN4S/c1-3-5-13-11(17)14-6-4-7-16-9(2)10(12)8-15-16/h8H,3-7H2,1-2H3,(H2,13,14,17). The van der Waals surface area contributed by atoms with Crippen LogP contribution in [0.2, 0.25) is 5.02 Å². The summed E-state index contributed by atoms with van der Waals surface area (Å²) in [5, 5.41) is 11.9. The van der Waals surface area contributed by atoms with E-state index < -0.39 is 0 Å². The van der Waals surface area contributed by atoms with Crippen molar-refractivity contribution in [1.82, 2.24) is 20.4 Å². The highest BCUT2D eigenvalue weighted by atomic mass is 35.5. The summed E-state index contributed by atoms with van der Waals surface area (Å²) in [5.41, 5.74) is 1.01. The van der Waals surface area contributed by atoms with Crippen molar-refractivity contribution in [3.05, 3.63) is 16.9 Å². The molecule has 1 aromatic rings. The average molecular weight is 275 g/mol. The molecule has 1 heterocycles. The zero-order valence-corrected chi connectivity index (χ0v) is 11.9. The largest absolute Gasteiger partial charge is 0.363 e. The van der Waals surface area contributed by atoms with E-state index in [1.54, 1.807) is 6.20 Å². The predicted molar refractivity (Wildman–Crippen MR) is 75.5 cm³/mol. The number of hydrogen-bond donors (Lipinski definition) is 2. The topological polar surface area (TPSA) is 41.9 Å². The van der Waals surface area contributed by atoms with E-state index in [9.17, 15) is 0 Å². The number of aromatic nitrogens is 2. The molecule has 1 aromatic heterocycles. The molecular formula is C11H19ClN4S. The molecular weight excluding hydrogens is 256 g/mol. The summed E-state index contributed by atoms with van der Waals surface area (Å²) in [6, 6.07) is 0. The molecule has 1 rings (SSSR count). The van der Waals surface area contributed by atoms with E-state index in [1.165, 1.54) is 0 Å². The van der Waals surface area contributed by atoms with Crippen molar-refractivity contribution in [2.75, 3.05) is 13.1 Å². The number of nitrogens with one attached hydrogen (secondary N) is 2. The Morgan fingerprint density at radius 2 is 2.18 bits per heavy atom. The van der Waals surface area contributed by atoms with E-state index in [2.05, 4.69) is 22.7 Å². The van der Waals surface area contributed by atoms with E-state index in [1.807, 2.05) is 11.6 Å². The van der Waals surface area contributed by atoms with Crippen LogP contribution < -0.4 is 10.6 Å². The molecule has 0 saturated heterocycles. The quantitative estimate of drug-likeness (QED) is 0.616. The molecule has 0 aliphatic heterocycles. The van der Waals surface area contributed by atoms with Gasteiger partial charge in [0.25, 0.3) is 0 Å². The van der Waals surface area contributed by atoms with Crippen LogP contribution in [0.3, 0.4) is 0 Å². The Kier molecular flexibility index (Phi) is 6.29. The van der Waals surface area contributed by atoms with Crippen LogP contribution in [0.4, 0.5) is 0 Å². The number of rotatable bonds is 6. The van der Waals surface area contributed by atoms with E-state index in [4.69, 9.17) is 23.8 Å². The molecule has 6 heteroatoms. The summed E-state index contributed by atoms with van der Waals surface area (Å²) in [4.78, 5) is 0. The van der Waals surface area contributed by atoms with Gasteiger partial charge in [-0.25, -0.2) is 0 Å². The maximum Gasteiger partial charge on any atom is 0.166 e. The maximum atomic E-state index is 5.92. The molecule has 0 bridgehead atoms. The number of halogens is 1. The third-order valence-corrected chi connectivity index (χ3v) is 3.07. The molecule has 0 aromatic carbocycles. The predicted octanol–water partition coefficient (Wildman–Crippen LogP) is 2.11. The molecule has 0 aliphatic rings. The third kappa shape index (κ3) is 4.91. The van der Waals surface area contributed by atoms with Gasteiger partial charge in [-0.15, -0.1) is 0 Å². The fourth-order valence-corrected chi connectivity index (χ4v) is 1.73. The number of nitrogens with zero attached hydrogens (tertiary/aromatic N) is 2. The van der Waals surface area contributed by atoms with Crippen LogP contribution in [0.5, 0.6) is 0 Å². The lowest BCUT2D eigenvalue weighted by atomic mass is 10.4. The van der Waals surface area contributed by atoms with Crippen LogP contribution in [0.1, 0.15) is 25.5 Å². The number of hydrogen-bond acceptors (Lipinski definition) is 2. The lowest BCUT2D eigenvalue weighted by molar-refractivity contribution is 0.559. The molecule has 0 aliphatic carbocycles. The first-order chi connectivity index (χ1) is 8.15. The Morgan fingerprint density at radius 1 is 1.47 bits per heavy atom. The van der Waals surface area contributed by atoms with Crippen LogP contribution >= 0.6 is 23.8 Å². The smallest absolute Gasteiger partial charge is 0.166 e. The van der Waals surface area contributed by atoms with Gasteiger partial charge in [0.1, 0.15) is 0 Å². The third-order valence-electron chi connectivity index (χ3n) is 2.41. The van der Waals surface area contributed by atoms with Crippen LogP contribution in [0.15, 0.2) is 6.20 Å². The van der Waals surface area contributed by atoms with Gasteiger partial charge in [-0.3, -0.25) is 4.68 Å². The average Bonchev–Trinajstić information content (AvgIpc) is 2.63. The fraction of sp³-hybridized carbons (Fsp3) is 0.636. The van der Waals surface area contributed by atoms with Crippen molar-refractivity contribution in [2.45, 2.75) is 33.2 Å². The second kappa shape index (κ2) is 7.50. The molecule has 0 spiro atoms. The molecule has 4 nitrogen and oxygen atoms in total. The lowest BCUT2D eigenvalue weighted by Gasteiger charge is -2.09. The van der Waals surface area contributed by atoms with Gasteiger partial charge in [0, 0.05) is 19.6 Å². The minimum atomic E-state index is 0.720. The second-order valence-electron chi connectivity index (χ2n) is 3.84. The van der Waals surface area contributed by atoms with Crippen molar-refractivity contribution < 1.29 is 0 Å². The zero-order chi connectivity index (χ0) is 12.7. The van der Waals surface area contributed by atoms with E-state index >= 15 is 0 Å². The van der Waals surface area contributed by atoms with E-state index in [-0.39, 0.29) is 0 Å². The molecule has 0 atom stereocenters. The minimum absolute atomic E-state index is 0.720. The van der Waals surface area contributed by atoms with Crippen molar-refractivity contribution in [3.63, 3.8) is 0 Å². The molecule has 0 saturated carbocycles. The Bertz CT molecular complexity index is 364. The van der Waals surface area contributed by atoms with Gasteiger partial charge >= 0.3 is 0 Å². The van der Waals surface area contributed by atoms with Gasteiger partial charge < -0.3 is 10.6 Å². The highest BCUT2D eigenvalue weighted by Gasteiger charge is 2.02. The summed E-state index contributed by atoms with van der Waals surface area (Å²) in [7, 11) is 0. The molecule has 2 N–H and O–H groups in total. The van der Waals surface area contributed by atoms with Gasteiger partial charge in [0.2, 0.25) is 0 Å². The summed E-state index contributed by atoms with van der Waals surface area (Å²) in [6.45, 7) is 6.68. The Hall–Kier alpha value is -0.810. The Labute approximate surface area is 113 Å². The first kappa shape index (κ1) is 14.3. The summed E-state index contributed by atoms with van der Waals surface area (Å²) < 4.78 is 1.91. The summed E-state index contributed by atoms with van der Waals surface area (Å²) >= 11 is 11.0. The molecule has 0 unspecified atom stereocenters. The van der Waals surface area contributed by atoms with Gasteiger partial charge in [0.05, 0.1) is 16.9 Å². The highest BCUT2D eigenvalue weighted by molar-refractivity contribution is 7.80. The van der Waals surface area contributed by atoms with Crippen molar-refractivity contribution in [1.29, 1.82) is 0 Å². The summed E-state index contributed by atoms with van der Waals surface area (Å²) in [6.07, 6.45) is 3.72. The fourth-order valence-electron chi connectivity index (χ4n) is 1.38. The lowest BCUT2D eigenvalue weighted by Crippen LogP contribution is -2.36. The molecule has 17 heavy (non-hydrogen) atoms. The van der Waals surface area contributed by atoms with Crippen molar-refractivity contribution in [2.24, 2.45) is 0 Å². The van der Waals surface area contributed by atoms with Gasteiger partial charge in [-0.05, 0) is 32.0 Å². The van der Waals surface area contributed by atoms with Crippen molar-refractivity contribution >= 4 is 28.9 Å². The van der Waals surface area contributed by atoms with Crippen LogP contribution in [0, 0.1) is 6.92 Å². The molecule has 0 amide bonds. The molecule has 96 valence electrons. The summed E-state index contributed by atoms with van der Waals surface area (Å²) in [5.74, 6) is 0. The second-order valence-corrected chi connectivity index (χ2v) is 4.65. The van der Waals surface area contributed by atoms with Crippen LogP contribution in [0.25, 0.3) is 0 Å². The van der Waals surface area contributed by atoms with Crippen LogP contribution in [-0.2, 0) is 6.54 Å². The maximum absolute atomic E-state index is 5.92. The van der Waals surface area contributed by atoms with Gasteiger partial charge in [0.15, 0.2) is 5.11 Å². The highest BCUT2D eigenvalue weighted by Crippen LogP contribution is 2.13. The first-order valence-electron chi connectivity index (χ1n) is 5.84. The minimum Gasteiger partial charge on any atom is -0.363 e. The van der Waals surface area contributed by atoms with E-state index in [0.29, 0.717) is 0 Å². The first-order valence-corrected chi connectivity index (χ1v) is 6.63. The molecule has 0 radical (unpaired) electrons. The van der Waals surface area contributed by atoms with Crippen LogP contribution in [-0.4, -0.2) is 28.0 Å². The normalized spacial score (nSPS) is 10.3. The van der Waals surface area contributed by atoms with Gasteiger partial charge in [-0.2, -0.15) is 5.10 Å². The Morgan fingerprint density at radius 3 is 2.76 bits per heavy atom. The number of aryl methyl sites for hydroxylation is 1. The SMILES string of the molecule is CCCNC(=S)NCCCn1ncc(Cl)c1C. The van der Waals surface area contributed by atoms with Gasteiger partial charge in [-0.1, -0.05) is 18.5 Å². The molecule has 0 fully saturated rings. The van der Waals surface area contributed by atoms with Crippen molar-refractivity contribution in [3.8, 4) is 0 Å². The van der Waals surface area contributed by atoms with E-state index in [0.717, 1.165) is 48.3 Å². The monoisotopic (exact) mass is 274 g/mol. The Balaban J connectivity index is 2.16.